The van der Waals surface area contributed by atoms with Crippen LogP contribution in [0.3, 0.4) is 0 Å². The van der Waals surface area contributed by atoms with E-state index in [1.165, 1.54) is 4.90 Å². The summed E-state index contributed by atoms with van der Waals surface area (Å²) in [6, 6.07) is 0.643. The highest BCUT2D eigenvalue weighted by molar-refractivity contribution is 6.05. The fraction of sp³-hybridized carbons (Fsp3) is 0.857. The van der Waals surface area contributed by atoms with E-state index in [-0.39, 0.29) is 17.9 Å². The topological polar surface area (TPSA) is 52.7 Å². The fourth-order valence-corrected chi connectivity index (χ4v) is 2.97. The third-order valence-electron chi connectivity index (χ3n) is 4.31. The first-order chi connectivity index (χ1) is 8.99. The second kappa shape index (κ2) is 6.01. The third kappa shape index (κ3) is 3.34. The van der Waals surface area contributed by atoms with Gasteiger partial charge in [0.05, 0.1) is 12.5 Å². The van der Waals surface area contributed by atoms with Gasteiger partial charge < -0.3 is 10.2 Å². The Balaban J connectivity index is 1.87. The third-order valence-corrected chi connectivity index (χ3v) is 4.31. The standard InChI is InChI=1S/C14H25N3O2/c1-10(2)17-7-4-5-11(6-8-17)15-12-9-13(18)16(3)14(12)19/h10-12,15H,4-9H2,1-3H3. The maximum Gasteiger partial charge on any atom is 0.246 e. The highest BCUT2D eigenvalue weighted by Gasteiger charge is 2.37. The van der Waals surface area contributed by atoms with Crippen LogP contribution in [0.2, 0.25) is 0 Å². The Bertz CT molecular complexity index is 357. The number of carbonyl (C=O) groups excluding carboxylic acids is 2. The Morgan fingerprint density at radius 1 is 1.21 bits per heavy atom. The lowest BCUT2D eigenvalue weighted by atomic mass is 10.1. The first-order valence-corrected chi connectivity index (χ1v) is 7.29. The normalized spacial score (nSPS) is 30.2. The van der Waals surface area contributed by atoms with Crippen LogP contribution in [-0.2, 0) is 9.59 Å². The van der Waals surface area contributed by atoms with Crippen molar-refractivity contribution in [2.75, 3.05) is 20.1 Å². The summed E-state index contributed by atoms with van der Waals surface area (Å²) in [5, 5.41) is 3.39. The summed E-state index contributed by atoms with van der Waals surface area (Å²) in [6.07, 6.45) is 3.62. The van der Waals surface area contributed by atoms with Crippen LogP contribution >= 0.6 is 0 Å². The molecule has 2 atom stereocenters. The number of hydrogen-bond donors (Lipinski definition) is 1. The van der Waals surface area contributed by atoms with Crippen molar-refractivity contribution in [1.29, 1.82) is 0 Å². The Morgan fingerprint density at radius 3 is 2.53 bits per heavy atom. The SMILES string of the molecule is CC(C)N1CCCC(NC2CC(=O)N(C)C2=O)CC1. The van der Waals surface area contributed by atoms with E-state index in [0.29, 0.717) is 18.5 Å². The Morgan fingerprint density at radius 2 is 1.95 bits per heavy atom. The zero-order chi connectivity index (χ0) is 14.0. The molecule has 0 bridgehead atoms. The van der Waals surface area contributed by atoms with Gasteiger partial charge in [-0.25, -0.2) is 0 Å². The minimum Gasteiger partial charge on any atom is -0.303 e. The quantitative estimate of drug-likeness (QED) is 0.761. The number of likely N-dealkylation sites (tertiary alicyclic amines) is 2. The average molecular weight is 267 g/mol. The summed E-state index contributed by atoms with van der Waals surface area (Å²) in [6.45, 7) is 6.65. The molecular weight excluding hydrogens is 242 g/mol. The molecule has 0 aromatic carbocycles. The fourth-order valence-electron chi connectivity index (χ4n) is 2.97. The Labute approximate surface area is 115 Å². The highest BCUT2D eigenvalue weighted by atomic mass is 16.2. The van der Waals surface area contributed by atoms with E-state index in [4.69, 9.17) is 0 Å². The lowest BCUT2D eigenvalue weighted by Gasteiger charge is -2.24. The highest BCUT2D eigenvalue weighted by Crippen LogP contribution is 2.17. The number of likely N-dealkylation sites (N-methyl/N-ethyl adjacent to an activating group) is 1. The molecule has 2 fully saturated rings. The minimum absolute atomic E-state index is 0.0695. The molecular formula is C14H25N3O2. The molecule has 2 heterocycles. The first-order valence-electron chi connectivity index (χ1n) is 7.29. The summed E-state index contributed by atoms with van der Waals surface area (Å²) in [4.78, 5) is 27.1. The van der Waals surface area contributed by atoms with Gasteiger partial charge in [0.15, 0.2) is 0 Å². The second-order valence-electron chi connectivity index (χ2n) is 5.97. The van der Waals surface area contributed by atoms with E-state index in [2.05, 4.69) is 24.1 Å². The number of hydrogen-bond acceptors (Lipinski definition) is 4. The summed E-state index contributed by atoms with van der Waals surface area (Å²) in [5.41, 5.74) is 0. The summed E-state index contributed by atoms with van der Waals surface area (Å²) >= 11 is 0. The Hall–Kier alpha value is -0.940. The van der Waals surface area contributed by atoms with E-state index >= 15 is 0 Å². The summed E-state index contributed by atoms with van der Waals surface area (Å²) in [7, 11) is 1.57. The van der Waals surface area contributed by atoms with Gasteiger partial charge in [0.1, 0.15) is 0 Å². The number of rotatable bonds is 3. The lowest BCUT2D eigenvalue weighted by Crippen LogP contribution is -2.43. The molecule has 5 heteroatoms. The number of carbonyl (C=O) groups is 2. The van der Waals surface area contributed by atoms with Crippen molar-refractivity contribution in [2.24, 2.45) is 0 Å². The number of nitrogens with zero attached hydrogens (tertiary/aromatic N) is 2. The van der Waals surface area contributed by atoms with Crippen LogP contribution in [0.15, 0.2) is 0 Å². The monoisotopic (exact) mass is 267 g/mol. The molecule has 2 unspecified atom stereocenters. The van der Waals surface area contributed by atoms with Crippen LogP contribution in [-0.4, -0.2) is 59.9 Å². The van der Waals surface area contributed by atoms with E-state index in [1.807, 2.05) is 0 Å². The molecule has 2 saturated heterocycles. The first kappa shape index (κ1) is 14.5. The van der Waals surface area contributed by atoms with E-state index < -0.39 is 0 Å². The molecule has 2 amide bonds. The van der Waals surface area contributed by atoms with Gasteiger partial charge in [0.25, 0.3) is 0 Å². The van der Waals surface area contributed by atoms with Crippen LogP contribution in [0.4, 0.5) is 0 Å². The molecule has 2 rings (SSSR count). The second-order valence-corrected chi connectivity index (χ2v) is 5.97. The van der Waals surface area contributed by atoms with Crippen molar-refractivity contribution >= 4 is 11.8 Å². The maximum absolute atomic E-state index is 11.9. The van der Waals surface area contributed by atoms with Crippen molar-refractivity contribution in [3.05, 3.63) is 0 Å². The Kier molecular flexibility index (Phi) is 4.58. The van der Waals surface area contributed by atoms with Gasteiger partial charge in [0.2, 0.25) is 11.8 Å². The van der Waals surface area contributed by atoms with Crippen LogP contribution in [0, 0.1) is 0 Å². The molecule has 5 nitrogen and oxygen atoms in total. The predicted molar refractivity (Wildman–Crippen MR) is 73.7 cm³/mol. The van der Waals surface area contributed by atoms with E-state index in [9.17, 15) is 9.59 Å². The van der Waals surface area contributed by atoms with Gasteiger partial charge in [-0.15, -0.1) is 0 Å². The van der Waals surface area contributed by atoms with Crippen LogP contribution in [0.1, 0.15) is 39.5 Å². The largest absolute Gasteiger partial charge is 0.303 e. The number of nitrogens with one attached hydrogen (secondary N) is 1. The molecule has 0 aromatic rings. The number of amides is 2. The zero-order valence-corrected chi connectivity index (χ0v) is 12.2. The lowest BCUT2D eigenvalue weighted by molar-refractivity contribution is -0.137. The summed E-state index contributed by atoms with van der Waals surface area (Å²) in [5.74, 6) is -0.144. The summed E-state index contributed by atoms with van der Waals surface area (Å²) < 4.78 is 0. The molecule has 1 N–H and O–H groups in total. The van der Waals surface area contributed by atoms with Crippen LogP contribution < -0.4 is 5.32 Å². The molecule has 108 valence electrons. The van der Waals surface area contributed by atoms with Crippen molar-refractivity contribution in [3.63, 3.8) is 0 Å². The van der Waals surface area contributed by atoms with Crippen molar-refractivity contribution in [2.45, 2.75) is 57.7 Å². The smallest absolute Gasteiger partial charge is 0.246 e. The molecule has 0 aromatic heterocycles. The van der Waals surface area contributed by atoms with E-state index in [0.717, 1.165) is 32.4 Å². The van der Waals surface area contributed by atoms with Gasteiger partial charge in [-0.05, 0) is 46.2 Å². The molecule has 19 heavy (non-hydrogen) atoms. The molecule has 0 saturated carbocycles. The minimum atomic E-state index is -0.298. The van der Waals surface area contributed by atoms with E-state index in [1.54, 1.807) is 7.05 Å². The molecule has 0 radical (unpaired) electrons. The van der Waals surface area contributed by atoms with Gasteiger partial charge >= 0.3 is 0 Å². The van der Waals surface area contributed by atoms with Gasteiger partial charge in [-0.3, -0.25) is 14.5 Å². The molecule has 0 spiro atoms. The van der Waals surface area contributed by atoms with Crippen molar-refractivity contribution in [1.82, 2.24) is 15.1 Å². The maximum atomic E-state index is 11.9. The van der Waals surface area contributed by atoms with Gasteiger partial charge in [-0.2, -0.15) is 0 Å². The number of imide groups is 1. The molecule has 2 aliphatic heterocycles. The van der Waals surface area contributed by atoms with Crippen LogP contribution in [0.5, 0.6) is 0 Å². The van der Waals surface area contributed by atoms with Crippen molar-refractivity contribution in [3.8, 4) is 0 Å². The van der Waals surface area contributed by atoms with Gasteiger partial charge in [0, 0.05) is 19.1 Å². The van der Waals surface area contributed by atoms with Gasteiger partial charge in [-0.1, -0.05) is 0 Å². The molecule has 2 aliphatic rings. The average Bonchev–Trinajstić information content (AvgIpc) is 2.59. The predicted octanol–water partition coefficient (Wildman–Crippen LogP) is 0.596. The van der Waals surface area contributed by atoms with Crippen molar-refractivity contribution < 1.29 is 9.59 Å². The van der Waals surface area contributed by atoms with Crippen LogP contribution in [0.25, 0.3) is 0 Å². The molecule has 0 aliphatic carbocycles. The zero-order valence-electron chi connectivity index (χ0n) is 12.2.